The molecule has 0 aliphatic rings. The van der Waals surface area contributed by atoms with E-state index in [-0.39, 0.29) is 6.61 Å². The third-order valence-electron chi connectivity index (χ3n) is 2.37. The number of ether oxygens (including phenoxy) is 1. The second kappa shape index (κ2) is 4.81. The molecule has 1 aromatic carbocycles. The van der Waals surface area contributed by atoms with Crippen molar-refractivity contribution in [2.24, 2.45) is 0 Å². The van der Waals surface area contributed by atoms with Crippen molar-refractivity contribution < 1.29 is 9.84 Å². The molecule has 0 amide bonds. The van der Waals surface area contributed by atoms with E-state index >= 15 is 0 Å². The molecule has 4 nitrogen and oxygen atoms in total. The van der Waals surface area contributed by atoms with Gasteiger partial charge >= 0.3 is 0 Å². The van der Waals surface area contributed by atoms with Crippen LogP contribution in [-0.2, 0) is 6.42 Å². The van der Waals surface area contributed by atoms with Gasteiger partial charge in [0, 0.05) is 12.8 Å². The van der Waals surface area contributed by atoms with E-state index < -0.39 is 0 Å². The predicted octanol–water partition coefficient (Wildman–Crippen LogP) is 1.42. The molecule has 1 aromatic heterocycles. The van der Waals surface area contributed by atoms with Crippen LogP contribution in [0, 0.1) is 0 Å². The number of nitrogens with zero attached hydrogens (tertiary/aromatic N) is 2. The van der Waals surface area contributed by atoms with E-state index in [0.717, 1.165) is 17.0 Å². The number of benzene rings is 1. The van der Waals surface area contributed by atoms with E-state index in [9.17, 15) is 0 Å². The highest BCUT2D eigenvalue weighted by Crippen LogP contribution is 2.14. The number of aromatic nitrogens is 2. The SMILES string of the molecule is COc1ccc(-n2cc(CCO)cn2)cc1. The van der Waals surface area contributed by atoms with Crippen molar-refractivity contribution >= 4 is 0 Å². The van der Waals surface area contributed by atoms with E-state index in [2.05, 4.69) is 5.10 Å². The Bertz CT molecular complexity index is 448. The van der Waals surface area contributed by atoms with Crippen LogP contribution >= 0.6 is 0 Å². The van der Waals surface area contributed by atoms with Gasteiger partial charge < -0.3 is 9.84 Å². The highest BCUT2D eigenvalue weighted by atomic mass is 16.5. The van der Waals surface area contributed by atoms with Gasteiger partial charge in [0.05, 0.1) is 19.0 Å². The van der Waals surface area contributed by atoms with Crippen LogP contribution in [0.1, 0.15) is 5.56 Å². The third kappa shape index (κ3) is 2.23. The van der Waals surface area contributed by atoms with Crippen LogP contribution in [0.5, 0.6) is 5.75 Å². The first-order valence-corrected chi connectivity index (χ1v) is 5.12. The van der Waals surface area contributed by atoms with Crippen molar-refractivity contribution in [2.75, 3.05) is 13.7 Å². The zero-order valence-electron chi connectivity index (χ0n) is 9.13. The molecule has 0 bridgehead atoms. The smallest absolute Gasteiger partial charge is 0.119 e. The normalized spacial score (nSPS) is 10.4. The molecule has 2 rings (SSSR count). The van der Waals surface area contributed by atoms with Crippen molar-refractivity contribution in [3.8, 4) is 11.4 Å². The van der Waals surface area contributed by atoms with Crippen molar-refractivity contribution in [2.45, 2.75) is 6.42 Å². The van der Waals surface area contributed by atoms with Crippen LogP contribution in [-0.4, -0.2) is 28.6 Å². The standard InChI is InChI=1S/C12H14N2O2/c1-16-12-4-2-11(3-5-12)14-9-10(6-7-15)8-13-14/h2-5,8-9,15H,6-7H2,1H3. The summed E-state index contributed by atoms with van der Waals surface area (Å²) in [6, 6.07) is 7.66. The van der Waals surface area contributed by atoms with Gasteiger partial charge in [0.1, 0.15) is 5.75 Å². The molecule has 2 aromatic rings. The number of hydrogen-bond donors (Lipinski definition) is 1. The van der Waals surface area contributed by atoms with Gasteiger partial charge in [-0.05, 0) is 36.2 Å². The van der Waals surface area contributed by atoms with Gasteiger partial charge in [-0.3, -0.25) is 0 Å². The Morgan fingerprint density at radius 2 is 2.06 bits per heavy atom. The van der Waals surface area contributed by atoms with Crippen molar-refractivity contribution in [3.63, 3.8) is 0 Å². The lowest BCUT2D eigenvalue weighted by Gasteiger charge is -2.02. The highest BCUT2D eigenvalue weighted by molar-refractivity contribution is 5.37. The van der Waals surface area contributed by atoms with Crippen LogP contribution in [0.25, 0.3) is 5.69 Å². The summed E-state index contributed by atoms with van der Waals surface area (Å²) in [5, 5.41) is 13.0. The van der Waals surface area contributed by atoms with Gasteiger partial charge in [0.2, 0.25) is 0 Å². The Kier molecular flexibility index (Phi) is 3.22. The summed E-state index contributed by atoms with van der Waals surface area (Å²) in [7, 11) is 1.64. The summed E-state index contributed by atoms with van der Waals surface area (Å²) in [5.41, 5.74) is 2.00. The second-order valence-corrected chi connectivity index (χ2v) is 3.46. The molecule has 0 spiro atoms. The zero-order valence-corrected chi connectivity index (χ0v) is 9.13. The van der Waals surface area contributed by atoms with E-state index in [1.807, 2.05) is 30.5 Å². The molecule has 0 unspecified atom stereocenters. The molecule has 0 fully saturated rings. The average molecular weight is 218 g/mol. The summed E-state index contributed by atoms with van der Waals surface area (Å²) in [6.07, 6.45) is 4.31. The first-order valence-electron chi connectivity index (χ1n) is 5.12. The van der Waals surface area contributed by atoms with E-state index in [1.54, 1.807) is 18.0 Å². The molecule has 0 aliphatic heterocycles. The minimum absolute atomic E-state index is 0.147. The molecule has 1 heterocycles. The summed E-state index contributed by atoms with van der Waals surface area (Å²) in [6.45, 7) is 0.147. The number of rotatable bonds is 4. The predicted molar refractivity (Wildman–Crippen MR) is 60.9 cm³/mol. The van der Waals surface area contributed by atoms with Gasteiger partial charge in [0.25, 0.3) is 0 Å². The zero-order chi connectivity index (χ0) is 11.4. The van der Waals surface area contributed by atoms with Crippen LogP contribution < -0.4 is 4.74 Å². The minimum Gasteiger partial charge on any atom is -0.497 e. The molecular weight excluding hydrogens is 204 g/mol. The molecule has 0 saturated heterocycles. The third-order valence-corrected chi connectivity index (χ3v) is 2.37. The summed E-state index contributed by atoms with van der Waals surface area (Å²) >= 11 is 0. The van der Waals surface area contributed by atoms with Gasteiger partial charge in [-0.2, -0.15) is 5.10 Å². The number of hydrogen-bond acceptors (Lipinski definition) is 3. The lowest BCUT2D eigenvalue weighted by atomic mass is 10.3. The largest absolute Gasteiger partial charge is 0.497 e. The number of aliphatic hydroxyl groups is 1. The first kappa shape index (κ1) is 10.7. The molecule has 16 heavy (non-hydrogen) atoms. The van der Waals surface area contributed by atoms with Crippen LogP contribution in [0.4, 0.5) is 0 Å². The van der Waals surface area contributed by atoms with Crippen LogP contribution in [0.15, 0.2) is 36.7 Å². The molecule has 0 radical (unpaired) electrons. The first-order chi connectivity index (χ1) is 7.83. The maximum Gasteiger partial charge on any atom is 0.119 e. The Labute approximate surface area is 94.1 Å². The molecule has 84 valence electrons. The Balaban J connectivity index is 2.21. The molecule has 0 atom stereocenters. The Hall–Kier alpha value is -1.81. The van der Waals surface area contributed by atoms with Crippen LogP contribution in [0.2, 0.25) is 0 Å². The molecule has 0 saturated carbocycles. The van der Waals surface area contributed by atoms with Gasteiger partial charge in [-0.25, -0.2) is 4.68 Å². The molecule has 1 N–H and O–H groups in total. The van der Waals surface area contributed by atoms with E-state index in [1.165, 1.54) is 0 Å². The van der Waals surface area contributed by atoms with Crippen molar-refractivity contribution in [3.05, 3.63) is 42.2 Å². The quantitative estimate of drug-likeness (QED) is 0.844. The molecule has 4 heteroatoms. The monoisotopic (exact) mass is 218 g/mol. The maximum absolute atomic E-state index is 8.81. The fraction of sp³-hybridized carbons (Fsp3) is 0.250. The summed E-state index contributed by atoms with van der Waals surface area (Å²) < 4.78 is 6.87. The fourth-order valence-electron chi connectivity index (χ4n) is 1.49. The van der Waals surface area contributed by atoms with E-state index in [4.69, 9.17) is 9.84 Å². The Morgan fingerprint density at radius 3 is 2.69 bits per heavy atom. The number of methoxy groups -OCH3 is 1. The number of aliphatic hydroxyl groups excluding tert-OH is 1. The molecular formula is C12H14N2O2. The van der Waals surface area contributed by atoms with Gasteiger partial charge in [-0.15, -0.1) is 0 Å². The van der Waals surface area contributed by atoms with Gasteiger partial charge in [-0.1, -0.05) is 0 Å². The topological polar surface area (TPSA) is 47.3 Å². The van der Waals surface area contributed by atoms with Crippen molar-refractivity contribution in [1.29, 1.82) is 0 Å². The van der Waals surface area contributed by atoms with Gasteiger partial charge in [0.15, 0.2) is 0 Å². The highest BCUT2D eigenvalue weighted by Gasteiger charge is 2.00. The average Bonchev–Trinajstić information content (AvgIpc) is 2.78. The Morgan fingerprint density at radius 1 is 1.31 bits per heavy atom. The summed E-state index contributed by atoms with van der Waals surface area (Å²) in [5.74, 6) is 0.825. The fourth-order valence-corrected chi connectivity index (χ4v) is 1.49. The second-order valence-electron chi connectivity index (χ2n) is 3.46. The van der Waals surface area contributed by atoms with Crippen LogP contribution in [0.3, 0.4) is 0 Å². The van der Waals surface area contributed by atoms with Crippen molar-refractivity contribution in [1.82, 2.24) is 9.78 Å². The minimum atomic E-state index is 0.147. The summed E-state index contributed by atoms with van der Waals surface area (Å²) in [4.78, 5) is 0. The lowest BCUT2D eigenvalue weighted by molar-refractivity contribution is 0.299. The van der Waals surface area contributed by atoms with E-state index in [0.29, 0.717) is 6.42 Å². The maximum atomic E-state index is 8.81. The molecule has 0 aliphatic carbocycles. The lowest BCUT2D eigenvalue weighted by Crippen LogP contribution is -1.94.